The van der Waals surface area contributed by atoms with Crippen molar-refractivity contribution < 1.29 is 33.3 Å². The number of hydrogen-bond donors (Lipinski definition) is 0. The van der Waals surface area contributed by atoms with Gasteiger partial charge in [0.2, 0.25) is 0 Å². The SMILES string of the molecule is CCCC(=O)SCC[N+](C)(C)C.[I-]. The lowest BCUT2D eigenvalue weighted by Crippen LogP contribution is -3.00. The molecule has 0 aromatic heterocycles. The number of carbonyl (C=O) groups excluding carboxylic acids is 1. The van der Waals surface area contributed by atoms with Gasteiger partial charge in [-0.1, -0.05) is 18.7 Å². The first kappa shape index (κ1) is 16.2. The minimum atomic E-state index is 0. The summed E-state index contributed by atoms with van der Waals surface area (Å²) in [4.78, 5) is 11.1. The molecule has 0 aromatic carbocycles. The molecule has 0 saturated heterocycles. The highest BCUT2D eigenvalue weighted by Gasteiger charge is 2.08. The summed E-state index contributed by atoms with van der Waals surface area (Å²) in [6.45, 7) is 3.10. The van der Waals surface area contributed by atoms with Crippen molar-refractivity contribution in [2.75, 3.05) is 33.4 Å². The fourth-order valence-corrected chi connectivity index (χ4v) is 1.92. The molecule has 2 nitrogen and oxygen atoms in total. The van der Waals surface area contributed by atoms with Gasteiger partial charge in [0.1, 0.15) is 0 Å². The quantitative estimate of drug-likeness (QED) is 0.466. The number of rotatable bonds is 5. The summed E-state index contributed by atoms with van der Waals surface area (Å²) in [6, 6.07) is 0. The van der Waals surface area contributed by atoms with E-state index in [9.17, 15) is 4.79 Å². The Morgan fingerprint density at radius 3 is 2.23 bits per heavy atom. The van der Waals surface area contributed by atoms with Crippen molar-refractivity contribution >= 4 is 16.9 Å². The second-order valence-corrected chi connectivity index (χ2v) is 5.14. The van der Waals surface area contributed by atoms with E-state index < -0.39 is 0 Å². The summed E-state index contributed by atoms with van der Waals surface area (Å²) in [5.41, 5.74) is 0. The fraction of sp³-hybridized carbons (Fsp3) is 0.889. The Kier molecular flexibility index (Phi) is 10.0. The lowest BCUT2D eigenvalue weighted by Gasteiger charge is -2.23. The highest BCUT2D eigenvalue weighted by molar-refractivity contribution is 8.13. The van der Waals surface area contributed by atoms with E-state index in [0.29, 0.717) is 5.12 Å². The van der Waals surface area contributed by atoms with Crippen LogP contribution in [0.4, 0.5) is 0 Å². The topological polar surface area (TPSA) is 17.1 Å². The average molecular weight is 317 g/mol. The zero-order chi connectivity index (χ0) is 9.61. The van der Waals surface area contributed by atoms with Crippen molar-refractivity contribution in [3.05, 3.63) is 0 Å². The van der Waals surface area contributed by atoms with Crippen LogP contribution in [0.2, 0.25) is 0 Å². The molecule has 0 aliphatic heterocycles. The van der Waals surface area contributed by atoms with E-state index in [1.54, 1.807) is 0 Å². The van der Waals surface area contributed by atoms with Crippen molar-refractivity contribution in [3.8, 4) is 0 Å². The molecule has 0 radical (unpaired) electrons. The van der Waals surface area contributed by atoms with Gasteiger partial charge in [0, 0.05) is 6.42 Å². The van der Waals surface area contributed by atoms with Crippen molar-refractivity contribution in [1.29, 1.82) is 0 Å². The average Bonchev–Trinajstić information content (AvgIpc) is 1.84. The predicted octanol–water partition coefficient (Wildman–Crippen LogP) is -1.24. The summed E-state index contributed by atoms with van der Waals surface area (Å²) in [5.74, 6) is 0.947. The van der Waals surface area contributed by atoms with Crippen LogP contribution in [-0.4, -0.2) is 43.0 Å². The standard InChI is InChI=1S/C9H20NOS.HI/c1-5-6-9(11)12-8-7-10(2,3)4;/h5-8H2,1-4H3;1H/q+1;/p-1. The molecule has 0 spiro atoms. The molecule has 0 amide bonds. The Hall–Kier alpha value is 0.710. The summed E-state index contributed by atoms with van der Waals surface area (Å²) in [6.07, 6.45) is 1.69. The number of quaternary nitrogens is 1. The van der Waals surface area contributed by atoms with Crippen LogP contribution in [0.1, 0.15) is 19.8 Å². The first-order valence-corrected chi connectivity index (χ1v) is 5.40. The van der Waals surface area contributed by atoms with Crippen LogP contribution < -0.4 is 24.0 Å². The van der Waals surface area contributed by atoms with Gasteiger partial charge in [-0.15, -0.1) is 0 Å². The first-order chi connectivity index (χ1) is 5.45. The third-order valence-electron chi connectivity index (χ3n) is 1.48. The highest BCUT2D eigenvalue weighted by Crippen LogP contribution is 2.08. The van der Waals surface area contributed by atoms with Gasteiger partial charge in [-0.3, -0.25) is 4.79 Å². The van der Waals surface area contributed by atoms with Crippen molar-refractivity contribution in [2.24, 2.45) is 0 Å². The smallest absolute Gasteiger partial charge is 0.189 e. The molecule has 0 N–H and O–H groups in total. The molecule has 0 unspecified atom stereocenters. The predicted molar refractivity (Wildman–Crippen MR) is 55.3 cm³/mol. The molecule has 13 heavy (non-hydrogen) atoms. The molecule has 0 rings (SSSR count). The maximum absolute atomic E-state index is 11.1. The molecule has 0 aliphatic carbocycles. The maximum atomic E-state index is 11.1. The van der Waals surface area contributed by atoms with E-state index in [-0.39, 0.29) is 24.0 Å². The van der Waals surface area contributed by atoms with E-state index in [1.165, 1.54) is 11.8 Å². The fourth-order valence-electron chi connectivity index (χ4n) is 0.710. The van der Waals surface area contributed by atoms with Gasteiger partial charge in [0.15, 0.2) is 5.12 Å². The summed E-state index contributed by atoms with van der Waals surface area (Å²) >= 11 is 1.47. The lowest BCUT2D eigenvalue weighted by molar-refractivity contribution is -0.867. The van der Waals surface area contributed by atoms with Crippen LogP contribution >= 0.6 is 11.8 Å². The summed E-state index contributed by atoms with van der Waals surface area (Å²) in [7, 11) is 6.43. The van der Waals surface area contributed by atoms with Gasteiger partial charge in [0.05, 0.1) is 33.4 Å². The molecule has 0 heterocycles. The Labute approximate surface area is 103 Å². The number of hydrogen-bond acceptors (Lipinski definition) is 2. The minimum absolute atomic E-state index is 0. The lowest BCUT2D eigenvalue weighted by atomic mass is 10.4. The van der Waals surface area contributed by atoms with Gasteiger partial charge in [-0.2, -0.15) is 0 Å². The Bertz CT molecular complexity index is 145. The van der Waals surface area contributed by atoms with Crippen LogP contribution in [0.3, 0.4) is 0 Å². The van der Waals surface area contributed by atoms with E-state index in [4.69, 9.17) is 0 Å². The van der Waals surface area contributed by atoms with Crippen molar-refractivity contribution in [2.45, 2.75) is 19.8 Å². The van der Waals surface area contributed by atoms with Gasteiger partial charge in [-0.25, -0.2) is 0 Å². The van der Waals surface area contributed by atoms with E-state index >= 15 is 0 Å². The van der Waals surface area contributed by atoms with Crippen molar-refractivity contribution in [1.82, 2.24) is 0 Å². The van der Waals surface area contributed by atoms with Gasteiger partial charge >= 0.3 is 0 Å². The molecule has 80 valence electrons. The number of thioether (sulfide) groups is 1. The van der Waals surface area contributed by atoms with E-state index in [0.717, 1.165) is 29.6 Å². The molecular formula is C9H20INOS. The van der Waals surface area contributed by atoms with E-state index in [2.05, 4.69) is 21.1 Å². The van der Waals surface area contributed by atoms with Crippen LogP contribution in [0, 0.1) is 0 Å². The molecule has 0 saturated carbocycles. The Morgan fingerprint density at radius 2 is 1.85 bits per heavy atom. The number of nitrogens with zero attached hydrogens (tertiary/aromatic N) is 1. The van der Waals surface area contributed by atoms with Crippen molar-refractivity contribution in [3.63, 3.8) is 0 Å². The third-order valence-corrected chi connectivity index (χ3v) is 2.39. The highest BCUT2D eigenvalue weighted by atomic mass is 127. The Morgan fingerprint density at radius 1 is 1.31 bits per heavy atom. The summed E-state index contributed by atoms with van der Waals surface area (Å²) in [5, 5.41) is 0.339. The van der Waals surface area contributed by atoms with Gasteiger partial charge in [0.25, 0.3) is 0 Å². The summed E-state index contributed by atoms with van der Waals surface area (Å²) < 4.78 is 0.937. The minimum Gasteiger partial charge on any atom is -1.00 e. The van der Waals surface area contributed by atoms with Crippen LogP contribution in [-0.2, 0) is 4.79 Å². The second kappa shape index (κ2) is 8.05. The first-order valence-electron chi connectivity index (χ1n) is 4.42. The van der Waals surface area contributed by atoms with Gasteiger partial charge in [-0.05, 0) is 6.42 Å². The number of carbonyl (C=O) groups is 1. The molecule has 4 heteroatoms. The number of halogens is 1. The Balaban J connectivity index is 0. The molecule has 0 atom stereocenters. The monoisotopic (exact) mass is 317 g/mol. The van der Waals surface area contributed by atoms with E-state index in [1.807, 2.05) is 6.92 Å². The van der Waals surface area contributed by atoms with Crippen LogP contribution in [0.25, 0.3) is 0 Å². The third kappa shape index (κ3) is 12.7. The zero-order valence-electron chi connectivity index (χ0n) is 8.97. The largest absolute Gasteiger partial charge is 1.00 e. The molecule has 0 aromatic rings. The second-order valence-electron chi connectivity index (χ2n) is 3.98. The molecule has 0 aliphatic rings. The molecule has 0 bridgehead atoms. The van der Waals surface area contributed by atoms with Gasteiger partial charge < -0.3 is 28.5 Å². The normalized spacial score (nSPS) is 10.8. The van der Waals surface area contributed by atoms with Crippen LogP contribution in [0.15, 0.2) is 0 Å². The zero-order valence-corrected chi connectivity index (χ0v) is 11.9. The van der Waals surface area contributed by atoms with Crippen LogP contribution in [0.5, 0.6) is 0 Å². The maximum Gasteiger partial charge on any atom is 0.189 e. The molecule has 0 fully saturated rings. The molecular weight excluding hydrogens is 297 g/mol.